The van der Waals surface area contributed by atoms with Crippen molar-refractivity contribution in [2.24, 2.45) is 0 Å². The fraction of sp³-hybridized carbons (Fsp3) is 0.125. The lowest BCUT2D eigenvalue weighted by Crippen LogP contribution is -2.36. The van der Waals surface area contributed by atoms with Crippen molar-refractivity contribution >= 4 is 46.4 Å². The third kappa shape index (κ3) is 4.23. The van der Waals surface area contributed by atoms with Gasteiger partial charge < -0.3 is 10.2 Å². The van der Waals surface area contributed by atoms with Gasteiger partial charge in [-0.3, -0.25) is 9.59 Å². The smallest absolute Gasteiger partial charge is 0.244 e. The van der Waals surface area contributed by atoms with Crippen LogP contribution in [0.25, 0.3) is 0 Å². The van der Waals surface area contributed by atoms with Crippen LogP contribution in [0, 0.1) is 0 Å². The molecule has 0 aliphatic rings. The molecule has 0 spiro atoms. The fourth-order valence-corrected chi connectivity index (χ4v) is 2.37. The molecule has 0 saturated carbocycles. The maximum absolute atomic E-state index is 12.1. The van der Waals surface area contributed by atoms with E-state index in [9.17, 15) is 9.59 Å². The second kappa shape index (κ2) is 7.29. The van der Waals surface area contributed by atoms with Crippen molar-refractivity contribution in [3.05, 3.63) is 58.6 Å². The zero-order chi connectivity index (χ0) is 16.1. The van der Waals surface area contributed by atoms with Gasteiger partial charge in [0.15, 0.2) is 0 Å². The van der Waals surface area contributed by atoms with Gasteiger partial charge in [0.2, 0.25) is 11.8 Å². The van der Waals surface area contributed by atoms with Crippen LogP contribution in [0.5, 0.6) is 0 Å². The van der Waals surface area contributed by atoms with Crippen molar-refractivity contribution < 1.29 is 9.59 Å². The first-order chi connectivity index (χ1) is 10.5. The van der Waals surface area contributed by atoms with Gasteiger partial charge in [0, 0.05) is 17.6 Å². The Morgan fingerprint density at radius 2 is 1.77 bits per heavy atom. The summed E-state index contributed by atoms with van der Waals surface area (Å²) in [6.45, 7) is 1.31. The van der Waals surface area contributed by atoms with Crippen LogP contribution in [0.4, 0.5) is 11.4 Å². The highest BCUT2D eigenvalue weighted by molar-refractivity contribution is 6.36. The van der Waals surface area contributed by atoms with E-state index in [1.165, 1.54) is 11.8 Å². The molecule has 1 N–H and O–H groups in total. The van der Waals surface area contributed by atoms with E-state index in [1.807, 2.05) is 6.07 Å². The zero-order valence-electron chi connectivity index (χ0n) is 11.8. The molecule has 2 aromatic carbocycles. The minimum atomic E-state index is -0.344. The highest BCUT2D eigenvalue weighted by Crippen LogP contribution is 2.25. The Morgan fingerprint density at radius 1 is 1.09 bits per heavy atom. The molecule has 2 amide bonds. The van der Waals surface area contributed by atoms with E-state index in [4.69, 9.17) is 23.2 Å². The van der Waals surface area contributed by atoms with Crippen molar-refractivity contribution in [3.8, 4) is 0 Å². The van der Waals surface area contributed by atoms with E-state index < -0.39 is 0 Å². The van der Waals surface area contributed by atoms with Crippen molar-refractivity contribution in [1.29, 1.82) is 0 Å². The van der Waals surface area contributed by atoms with Gasteiger partial charge in [-0.25, -0.2) is 0 Å². The summed E-state index contributed by atoms with van der Waals surface area (Å²) < 4.78 is 0. The fourth-order valence-electron chi connectivity index (χ4n) is 1.92. The molecule has 114 valence electrons. The first-order valence-electron chi connectivity index (χ1n) is 6.55. The molecule has 0 unspecified atom stereocenters. The van der Waals surface area contributed by atoms with Crippen molar-refractivity contribution in [2.75, 3.05) is 16.8 Å². The first kappa shape index (κ1) is 16.3. The molecule has 0 heterocycles. The number of nitrogens with zero attached hydrogens (tertiary/aromatic N) is 1. The van der Waals surface area contributed by atoms with Gasteiger partial charge in [0.1, 0.15) is 6.54 Å². The first-order valence-corrected chi connectivity index (χ1v) is 7.31. The molecular formula is C16H14Cl2N2O2. The number of carbonyl (C=O) groups excluding carboxylic acids is 2. The summed E-state index contributed by atoms with van der Waals surface area (Å²) in [4.78, 5) is 25.3. The van der Waals surface area contributed by atoms with Gasteiger partial charge in [-0.05, 0) is 30.3 Å². The second-order valence-corrected chi connectivity index (χ2v) is 5.46. The minimum Gasteiger partial charge on any atom is -0.323 e. The molecule has 0 fully saturated rings. The average molecular weight is 337 g/mol. The summed E-state index contributed by atoms with van der Waals surface area (Å²) in [5, 5.41) is 3.50. The number of carbonyl (C=O) groups is 2. The molecule has 0 aliphatic heterocycles. The molecule has 0 aromatic heterocycles. The van der Waals surface area contributed by atoms with Crippen molar-refractivity contribution in [3.63, 3.8) is 0 Å². The third-order valence-corrected chi connectivity index (χ3v) is 3.50. The topological polar surface area (TPSA) is 49.4 Å². The number of anilines is 2. The molecule has 0 aliphatic carbocycles. The van der Waals surface area contributed by atoms with E-state index in [-0.39, 0.29) is 18.4 Å². The van der Waals surface area contributed by atoms with Gasteiger partial charge in [-0.15, -0.1) is 0 Å². The number of hydrogen-bond acceptors (Lipinski definition) is 2. The molecular weight excluding hydrogens is 323 g/mol. The van der Waals surface area contributed by atoms with Gasteiger partial charge >= 0.3 is 0 Å². The lowest BCUT2D eigenvalue weighted by atomic mass is 10.2. The maximum atomic E-state index is 12.1. The predicted molar refractivity (Wildman–Crippen MR) is 89.6 cm³/mol. The van der Waals surface area contributed by atoms with Crippen molar-refractivity contribution in [2.45, 2.75) is 6.92 Å². The Hall–Kier alpha value is -2.04. The molecule has 0 radical (unpaired) electrons. The van der Waals surface area contributed by atoms with Crippen LogP contribution in [0.1, 0.15) is 6.92 Å². The number of para-hydroxylation sites is 1. The molecule has 6 heteroatoms. The molecule has 2 rings (SSSR count). The quantitative estimate of drug-likeness (QED) is 0.917. The van der Waals surface area contributed by atoms with Crippen LogP contribution in [-0.4, -0.2) is 18.4 Å². The monoisotopic (exact) mass is 336 g/mol. The summed E-state index contributed by atoms with van der Waals surface area (Å²) in [5.74, 6) is -0.563. The number of rotatable bonds is 4. The van der Waals surface area contributed by atoms with Crippen LogP contribution in [-0.2, 0) is 9.59 Å². The number of halogens is 2. The Labute approximate surface area is 138 Å². The Kier molecular flexibility index (Phi) is 5.41. The molecule has 4 nitrogen and oxygen atoms in total. The van der Waals surface area contributed by atoms with Crippen LogP contribution in [0.15, 0.2) is 48.5 Å². The molecule has 0 bridgehead atoms. The summed E-state index contributed by atoms with van der Waals surface area (Å²) in [6, 6.07) is 13.8. The van der Waals surface area contributed by atoms with Crippen LogP contribution in [0.3, 0.4) is 0 Å². The molecule has 0 saturated heterocycles. The summed E-state index contributed by atoms with van der Waals surface area (Å²) in [6.07, 6.45) is 0. The van der Waals surface area contributed by atoms with Crippen LogP contribution in [0.2, 0.25) is 10.0 Å². The highest BCUT2D eigenvalue weighted by Gasteiger charge is 2.16. The van der Waals surface area contributed by atoms with Gasteiger partial charge in [0.25, 0.3) is 0 Å². The van der Waals surface area contributed by atoms with Gasteiger partial charge in [-0.2, -0.15) is 0 Å². The largest absolute Gasteiger partial charge is 0.323 e. The predicted octanol–water partition coefficient (Wildman–Crippen LogP) is 3.99. The Bertz CT molecular complexity index is 690. The number of hydrogen-bond donors (Lipinski definition) is 1. The summed E-state index contributed by atoms with van der Waals surface area (Å²) in [7, 11) is 0. The van der Waals surface area contributed by atoms with E-state index in [0.717, 1.165) is 0 Å². The average Bonchev–Trinajstić information content (AvgIpc) is 2.48. The van der Waals surface area contributed by atoms with E-state index in [0.29, 0.717) is 21.4 Å². The van der Waals surface area contributed by atoms with E-state index >= 15 is 0 Å². The lowest BCUT2D eigenvalue weighted by Gasteiger charge is -2.20. The molecule has 2 aromatic rings. The van der Waals surface area contributed by atoms with Gasteiger partial charge in [-0.1, -0.05) is 41.4 Å². The van der Waals surface area contributed by atoms with E-state index in [1.54, 1.807) is 42.5 Å². The third-order valence-electron chi connectivity index (χ3n) is 2.95. The number of amides is 2. The highest BCUT2D eigenvalue weighted by atomic mass is 35.5. The number of nitrogens with one attached hydrogen (secondary N) is 1. The standard InChI is InChI=1S/C16H14Cl2N2O2/c1-11(21)20(13-5-3-2-4-6-13)10-16(22)19-15-8-7-12(17)9-14(15)18/h2-9H,10H2,1H3,(H,19,22). The Balaban J connectivity index is 2.10. The van der Waals surface area contributed by atoms with Crippen molar-refractivity contribution in [1.82, 2.24) is 0 Å². The lowest BCUT2D eigenvalue weighted by molar-refractivity contribution is -0.120. The maximum Gasteiger partial charge on any atom is 0.244 e. The Morgan fingerprint density at radius 3 is 2.36 bits per heavy atom. The second-order valence-electron chi connectivity index (χ2n) is 4.61. The normalized spacial score (nSPS) is 10.1. The van der Waals surface area contributed by atoms with Gasteiger partial charge in [0.05, 0.1) is 10.7 Å². The SMILES string of the molecule is CC(=O)N(CC(=O)Nc1ccc(Cl)cc1Cl)c1ccccc1. The summed E-state index contributed by atoms with van der Waals surface area (Å²) >= 11 is 11.8. The minimum absolute atomic E-state index is 0.0989. The molecule has 0 atom stereocenters. The number of benzene rings is 2. The van der Waals surface area contributed by atoms with Crippen LogP contribution >= 0.6 is 23.2 Å². The van der Waals surface area contributed by atoms with E-state index in [2.05, 4.69) is 5.32 Å². The summed E-state index contributed by atoms with van der Waals surface area (Å²) in [5.41, 5.74) is 1.11. The van der Waals surface area contributed by atoms with Crippen LogP contribution < -0.4 is 10.2 Å². The zero-order valence-corrected chi connectivity index (χ0v) is 13.4. The molecule has 22 heavy (non-hydrogen) atoms.